The first-order valence-corrected chi connectivity index (χ1v) is 8.74. The number of benzene rings is 1. The minimum Gasteiger partial charge on any atom is -0.497 e. The number of hydrogen-bond donors (Lipinski definition) is 1. The summed E-state index contributed by atoms with van der Waals surface area (Å²) in [6.07, 6.45) is 5.69. The number of nitrogens with zero attached hydrogens (tertiary/aromatic N) is 1. The molecule has 2 bridgehead atoms. The maximum absolute atomic E-state index is 13.1. The molecule has 130 valence electrons. The van der Waals surface area contributed by atoms with Gasteiger partial charge in [0.2, 0.25) is 11.8 Å². The maximum atomic E-state index is 13.1. The van der Waals surface area contributed by atoms with E-state index in [0.717, 1.165) is 24.3 Å². The van der Waals surface area contributed by atoms with Gasteiger partial charge in [-0.05, 0) is 37.1 Å². The van der Waals surface area contributed by atoms with Gasteiger partial charge in [-0.1, -0.05) is 12.2 Å². The Morgan fingerprint density at radius 3 is 2.76 bits per heavy atom. The summed E-state index contributed by atoms with van der Waals surface area (Å²) in [6.45, 7) is 0.447. The molecule has 1 aliphatic carbocycles. The van der Waals surface area contributed by atoms with Crippen molar-refractivity contribution < 1.29 is 19.1 Å². The van der Waals surface area contributed by atoms with Gasteiger partial charge in [0.05, 0.1) is 31.6 Å². The predicted molar refractivity (Wildman–Crippen MR) is 90.2 cm³/mol. The molecule has 4 atom stereocenters. The van der Waals surface area contributed by atoms with Gasteiger partial charge in [0, 0.05) is 11.7 Å². The zero-order valence-corrected chi connectivity index (χ0v) is 14.0. The standard InChI is InChI=1S/C19H20N2O4/c1-24-13-6-4-12(5-7-13)21-10-19-9-8-14(25-19)15(16(19)18(21)23)17(22)20-11-2-3-11/h4-9,11,14-16H,2-3,10H2,1H3,(H,20,22)/t14-,15?,16?,19-/m1/s1. The summed E-state index contributed by atoms with van der Waals surface area (Å²) in [7, 11) is 1.61. The quantitative estimate of drug-likeness (QED) is 0.838. The molecule has 2 saturated heterocycles. The van der Waals surface area contributed by atoms with Gasteiger partial charge in [0.1, 0.15) is 11.4 Å². The van der Waals surface area contributed by atoms with Crippen LogP contribution in [0.15, 0.2) is 36.4 Å². The largest absolute Gasteiger partial charge is 0.497 e. The van der Waals surface area contributed by atoms with Gasteiger partial charge in [0.25, 0.3) is 0 Å². The summed E-state index contributed by atoms with van der Waals surface area (Å²) in [5.41, 5.74) is 0.129. The molecular weight excluding hydrogens is 320 g/mol. The Bertz CT molecular complexity index is 770. The molecule has 4 aliphatic rings. The molecule has 3 aliphatic heterocycles. The molecule has 3 fully saturated rings. The first-order chi connectivity index (χ1) is 12.1. The Hall–Kier alpha value is -2.34. The van der Waals surface area contributed by atoms with Crippen molar-refractivity contribution in [3.8, 4) is 5.75 Å². The van der Waals surface area contributed by atoms with Crippen LogP contribution >= 0.6 is 0 Å². The lowest BCUT2D eigenvalue weighted by molar-refractivity contribution is -0.132. The van der Waals surface area contributed by atoms with Gasteiger partial charge in [0.15, 0.2) is 0 Å². The molecule has 5 rings (SSSR count). The summed E-state index contributed by atoms with van der Waals surface area (Å²) in [6, 6.07) is 7.67. The van der Waals surface area contributed by atoms with E-state index in [2.05, 4.69) is 5.32 Å². The fraction of sp³-hybridized carbons (Fsp3) is 0.474. The van der Waals surface area contributed by atoms with Gasteiger partial charge >= 0.3 is 0 Å². The van der Waals surface area contributed by atoms with Crippen LogP contribution in [0, 0.1) is 11.8 Å². The summed E-state index contributed by atoms with van der Waals surface area (Å²) in [5, 5.41) is 3.04. The van der Waals surface area contributed by atoms with Crippen molar-refractivity contribution in [1.29, 1.82) is 0 Å². The SMILES string of the molecule is COc1ccc(N2C[C@@]34C=C[C@@H](O3)C(C(=O)NC3CC3)C4C2=O)cc1. The van der Waals surface area contributed by atoms with E-state index in [-0.39, 0.29) is 24.0 Å². The molecule has 2 amide bonds. The van der Waals surface area contributed by atoms with Gasteiger partial charge in [-0.2, -0.15) is 0 Å². The predicted octanol–water partition coefficient (Wildman–Crippen LogP) is 1.26. The van der Waals surface area contributed by atoms with Crippen molar-refractivity contribution in [3.63, 3.8) is 0 Å². The molecule has 0 aromatic heterocycles. The number of hydrogen-bond acceptors (Lipinski definition) is 4. The highest BCUT2D eigenvalue weighted by atomic mass is 16.5. The van der Waals surface area contributed by atoms with Crippen LogP contribution in [0.25, 0.3) is 0 Å². The molecule has 1 N–H and O–H groups in total. The lowest BCUT2D eigenvalue weighted by atomic mass is 9.77. The van der Waals surface area contributed by atoms with Crippen LogP contribution in [-0.2, 0) is 14.3 Å². The molecule has 25 heavy (non-hydrogen) atoms. The summed E-state index contributed by atoms with van der Waals surface area (Å²) >= 11 is 0. The van der Waals surface area contributed by atoms with Crippen LogP contribution in [-0.4, -0.2) is 43.2 Å². The molecule has 1 aromatic carbocycles. The van der Waals surface area contributed by atoms with Crippen LogP contribution < -0.4 is 15.0 Å². The second kappa shape index (κ2) is 5.08. The monoisotopic (exact) mass is 340 g/mol. The Balaban J connectivity index is 1.44. The van der Waals surface area contributed by atoms with Gasteiger partial charge in [-0.25, -0.2) is 0 Å². The van der Waals surface area contributed by atoms with Crippen LogP contribution in [0.5, 0.6) is 5.75 Å². The van der Waals surface area contributed by atoms with E-state index in [1.165, 1.54) is 0 Å². The van der Waals surface area contributed by atoms with Crippen LogP contribution in [0.1, 0.15) is 12.8 Å². The van der Waals surface area contributed by atoms with E-state index in [1.807, 2.05) is 36.4 Å². The van der Waals surface area contributed by atoms with Crippen LogP contribution in [0.4, 0.5) is 5.69 Å². The number of carbonyl (C=O) groups excluding carboxylic acids is 2. The molecule has 1 saturated carbocycles. The van der Waals surface area contributed by atoms with Gasteiger partial charge in [-0.3, -0.25) is 9.59 Å². The molecule has 6 heteroatoms. The zero-order chi connectivity index (χ0) is 17.2. The van der Waals surface area contributed by atoms with Crippen molar-refractivity contribution in [3.05, 3.63) is 36.4 Å². The third kappa shape index (κ3) is 2.13. The highest BCUT2D eigenvalue weighted by Crippen LogP contribution is 2.52. The number of nitrogens with one attached hydrogen (secondary N) is 1. The Morgan fingerprint density at radius 1 is 1.32 bits per heavy atom. The average Bonchev–Trinajstić information content (AvgIpc) is 3.15. The maximum Gasteiger partial charge on any atom is 0.234 e. The van der Waals surface area contributed by atoms with E-state index in [9.17, 15) is 9.59 Å². The molecular formula is C19H20N2O4. The highest BCUT2D eigenvalue weighted by Gasteiger charge is 2.67. The second-order valence-electron chi connectivity index (χ2n) is 7.31. The Kier molecular flexibility index (Phi) is 3.04. The van der Waals surface area contributed by atoms with Crippen molar-refractivity contribution in [2.75, 3.05) is 18.6 Å². The third-order valence-corrected chi connectivity index (χ3v) is 5.71. The Morgan fingerprint density at radius 2 is 2.08 bits per heavy atom. The fourth-order valence-corrected chi connectivity index (χ4v) is 4.30. The lowest BCUT2D eigenvalue weighted by Crippen LogP contribution is -2.44. The number of carbonyl (C=O) groups is 2. The number of amides is 2. The van der Waals surface area contributed by atoms with Gasteiger partial charge in [-0.15, -0.1) is 0 Å². The van der Waals surface area contributed by atoms with Crippen LogP contribution in [0.3, 0.4) is 0 Å². The molecule has 1 spiro atoms. The minimum atomic E-state index is -0.673. The van der Waals surface area contributed by atoms with Crippen LogP contribution in [0.2, 0.25) is 0 Å². The third-order valence-electron chi connectivity index (χ3n) is 5.71. The second-order valence-corrected chi connectivity index (χ2v) is 7.31. The summed E-state index contributed by atoms with van der Waals surface area (Å²) in [5.74, 6) is -0.209. The topological polar surface area (TPSA) is 67.9 Å². The van der Waals surface area contributed by atoms with E-state index >= 15 is 0 Å². The fourth-order valence-electron chi connectivity index (χ4n) is 4.30. The summed E-state index contributed by atoms with van der Waals surface area (Å²) in [4.78, 5) is 27.6. The highest BCUT2D eigenvalue weighted by molar-refractivity contribution is 6.03. The molecule has 1 aromatic rings. The number of anilines is 1. The molecule has 0 radical (unpaired) electrons. The van der Waals surface area contributed by atoms with Crippen molar-refractivity contribution >= 4 is 17.5 Å². The normalized spacial score (nSPS) is 35.2. The Labute approximate surface area is 145 Å². The first-order valence-electron chi connectivity index (χ1n) is 8.74. The lowest BCUT2D eigenvalue weighted by Gasteiger charge is -2.23. The molecule has 6 nitrogen and oxygen atoms in total. The van der Waals surface area contributed by atoms with Crippen molar-refractivity contribution in [2.24, 2.45) is 11.8 Å². The van der Waals surface area contributed by atoms with E-state index in [1.54, 1.807) is 12.0 Å². The van der Waals surface area contributed by atoms with E-state index in [4.69, 9.17) is 9.47 Å². The number of rotatable bonds is 4. The van der Waals surface area contributed by atoms with E-state index in [0.29, 0.717) is 6.54 Å². The minimum absolute atomic E-state index is 0.0343. The average molecular weight is 340 g/mol. The zero-order valence-electron chi connectivity index (χ0n) is 14.0. The number of methoxy groups -OCH3 is 1. The van der Waals surface area contributed by atoms with Crippen molar-refractivity contribution in [1.82, 2.24) is 5.32 Å². The smallest absolute Gasteiger partial charge is 0.234 e. The molecule has 2 unspecified atom stereocenters. The van der Waals surface area contributed by atoms with Crippen molar-refractivity contribution in [2.45, 2.75) is 30.6 Å². The molecule has 3 heterocycles. The number of fused-ring (bicyclic) bond motifs is 1. The summed E-state index contributed by atoms with van der Waals surface area (Å²) < 4.78 is 11.3. The number of ether oxygens (including phenoxy) is 2. The van der Waals surface area contributed by atoms with E-state index < -0.39 is 17.4 Å². The first kappa shape index (κ1) is 15.0. The van der Waals surface area contributed by atoms with Gasteiger partial charge < -0.3 is 19.7 Å².